The van der Waals surface area contributed by atoms with Crippen molar-refractivity contribution in [2.75, 3.05) is 12.3 Å². The van der Waals surface area contributed by atoms with Gasteiger partial charge in [0.05, 0.1) is 30.1 Å². The van der Waals surface area contributed by atoms with Gasteiger partial charge in [-0.1, -0.05) is 61.3 Å². The summed E-state index contributed by atoms with van der Waals surface area (Å²) in [6, 6.07) is 12.3. The summed E-state index contributed by atoms with van der Waals surface area (Å²) in [5.74, 6) is -3.26. The van der Waals surface area contributed by atoms with Crippen molar-refractivity contribution in [2.24, 2.45) is 5.41 Å². The molecule has 0 aliphatic carbocycles. The van der Waals surface area contributed by atoms with E-state index in [9.17, 15) is 36.3 Å². The molecule has 3 rings (SSSR count). The first-order valence-corrected chi connectivity index (χ1v) is 15.1. The molecule has 4 unspecified atom stereocenters. The topological polar surface area (TPSA) is 104 Å². The lowest BCUT2D eigenvalue weighted by atomic mass is 9.67. The maximum absolute atomic E-state index is 14.1. The summed E-state index contributed by atoms with van der Waals surface area (Å²) < 4.78 is 65.1. The van der Waals surface area contributed by atoms with E-state index in [1.165, 1.54) is 4.90 Å². The van der Waals surface area contributed by atoms with Gasteiger partial charge in [0.15, 0.2) is 0 Å². The Balaban J connectivity index is 2.11. The van der Waals surface area contributed by atoms with Gasteiger partial charge in [0.2, 0.25) is 15.9 Å². The molecule has 1 aliphatic heterocycles. The lowest BCUT2D eigenvalue weighted by molar-refractivity contribution is -0.160. The summed E-state index contributed by atoms with van der Waals surface area (Å²) in [4.78, 5) is 27.5. The molecule has 1 heterocycles. The number of sulfonamides is 1. The fraction of sp³-hybridized carbons (Fsp3) is 0.481. The van der Waals surface area contributed by atoms with Crippen LogP contribution in [0.5, 0.6) is 0 Å². The van der Waals surface area contributed by atoms with Crippen molar-refractivity contribution in [3.63, 3.8) is 0 Å². The Morgan fingerprint density at radius 1 is 1.15 bits per heavy atom. The molecule has 13 heteroatoms. The van der Waals surface area contributed by atoms with Crippen molar-refractivity contribution >= 4 is 45.1 Å². The van der Waals surface area contributed by atoms with Crippen LogP contribution in [0.3, 0.4) is 0 Å². The average molecular weight is 624 g/mol. The molecule has 1 saturated heterocycles. The molecule has 0 saturated carbocycles. The monoisotopic (exact) mass is 622 g/mol. The molecule has 2 aromatic rings. The number of carbonyl (C=O) groups is 2. The number of rotatable bonds is 11. The lowest BCUT2D eigenvalue weighted by Crippen LogP contribution is -2.58. The number of carboxylic acid groups (broad SMARTS) is 1. The number of benzene rings is 2. The van der Waals surface area contributed by atoms with E-state index >= 15 is 0 Å². The molecule has 1 amide bonds. The van der Waals surface area contributed by atoms with Crippen LogP contribution in [0.15, 0.2) is 48.5 Å². The molecule has 4 atom stereocenters. The maximum Gasteiger partial charge on any atom is 0.390 e. The second-order valence-corrected chi connectivity index (χ2v) is 13.1. The Labute approximate surface area is 241 Å². The van der Waals surface area contributed by atoms with Crippen LogP contribution < -0.4 is 4.72 Å². The molecule has 7 nitrogen and oxygen atoms in total. The molecule has 0 spiro atoms. The molecule has 2 N–H and O–H groups in total. The normalized spacial score (nSPS) is 22.8. The third-order valence-electron chi connectivity index (χ3n) is 7.19. The summed E-state index contributed by atoms with van der Waals surface area (Å²) in [5, 5.41) is 10.6. The smallest absolute Gasteiger partial charge is 0.390 e. The predicted molar refractivity (Wildman–Crippen MR) is 147 cm³/mol. The minimum atomic E-state index is -4.65. The Morgan fingerprint density at radius 2 is 1.80 bits per heavy atom. The first kappa shape index (κ1) is 32.2. The molecule has 40 heavy (non-hydrogen) atoms. The molecule has 1 aliphatic rings. The molecule has 1 fully saturated rings. The molecule has 0 aromatic heterocycles. The first-order chi connectivity index (χ1) is 18.5. The number of nitrogens with one attached hydrogen (secondary N) is 1. The summed E-state index contributed by atoms with van der Waals surface area (Å²) in [6.45, 7) is 2.93. The van der Waals surface area contributed by atoms with Crippen LogP contribution in [0.2, 0.25) is 10.0 Å². The van der Waals surface area contributed by atoms with Gasteiger partial charge in [-0.25, -0.2) is 13.1 Å². The van der Waals surface area contributed by atoms with E-state index in [-0.39, 0.29) is 19.4 Å². The highest BCUT2D eigenvalue weighted by molar-refractivity contribution is 7.89. The van der Waals surface area contributed by atoms with E-state index in [1.807, 2.05) is 6.07 Å². The third-order valence-corrected chi connectivity index (χ3v) is 9.02. The Hall–Kier alpha value is -2.34. The van der Waals surface area contributed by atoms with Crippen molar-refractivity contribution in [3.8, 4) is 0 Å². The fourth-order valence-corrected chi connectivity index (χ4v) is 6.68. The van der Waals surface area contributed by atoms with E-state index in [4.69, 9.17) is 23.2 Å². The van der Waals surface area contributed by atoms with Crippen LogP contribution in [0.25, 0.3) is 0 Å². The lowest BCUT2D eigenvalue weighted by Gasteiger charge is -2.52. The van der Waals surface area contributed by atoms with Crippen LogP contribution in [0.4, 0.5) is 13.2 Å². The SMILES string of the molecule is CCC(CNS(=O)(=O)CCC(F)(F)F)N1C(=O)C(C)(CC(=O)O)CC(c2cccc(Cl)c2)C1c1ccc(Cl)cc1. The first-order valence-electron chi connectivity index (χ1n) is 12.6. The minimum Gasteiger partial charge on any atom is -0.481 e. The minimum absolute atomic E-state index is 0.163. The molecule has 2 aromatic carbocycles. The Kier molecular flexibility index (Phi) is 10.2. The van der Waals surface area contributed by atoms with E-state index in [0.717, 1.165) is 5.56 Å². The largest absolute Gasteiger partial charge is 0.481 e. The second-order valence-electron chi connectivity index (χ2n) is 10.3. The summed E-state index contributed by atoms with van der Waals surface area (Å²) >= 11 is 12.4. The average Bonchev–Trinajstić information content (AvgIpc) is 2.85. The van der Waals surface area contributed by atoms with Crippen molar-refractivity contribution in [1.29, 1.82) is 0 Å². The summed E-state index contributed by atoms with van der Waals surface area (Å²) in [6.07, 6.45) is -6.23. The molecular formula is C27H31Cl2F3N2O5S. The Bertz CT molecular complexity index is 1320. The number of carboxylic acids is 1. The zero-order valence-electron chi connectivity index (χ0n) is 21.9. The van der Waals surface area contributed by atoms with Crippen LogP contribution in [0, 0.1) is 5.41 Å². The third kappa shape index (κ3) is 8.11. The number of hydrogen-bond donors (Lipinski definition) is 2. The molecular weight excluding hydrogens is 592 g/mol. The number of aliphatic carboxylic acids is 1. The van der Waals surface area contributed by atoms with Gasteiger partial charge in [0.1, 0.15) is 0 Å². The van der Waals surface area contributed by atoms with Gasteiger partial charge in [-0.15, -0.1) is 0 Å². The van der Waals surface area contributed by atoms with Crippen molar-refractivity contribution in [2.45, 2.75) is 63.7 Å². The number of likely N-dealkylation sites (tertiary alicyclic amines) is 1. The number of nitrogens with zero attached hydrogens (tertiary/aromatic N) is 1. The van der Waals surface area contributed by atoms with Crippen molar-refractivity contribution in [3.05, 3.63) is 69.7 Å². The molecule has 220 valence electrons. The van der Waals surface area contributed by atoms with Crippen LogP contribution in [-0.4, -0.2) is 54.8 Å². The maximum atomic E-state index is 14.1. The van der Waals surface area contributed by atoms with Crippen molar-refractivity contribution < 1.29 is 36.3 Å². The van der Waals surface area contributed by atoms with Crippen molar-refractivity contribution in [1.82, 2.24) is 9.62 Å². The van der Waals surface area contributed by atoms with Gasteiger partial charge in [-0.05, 0) is 48.2 Å². The van der Waals surface area contributed by atoms with E-state index in [1.54, 1.807) is 56.3 Å². The van der Waals surface area contributed by atoms with Gasteiger partial charge in [-0.2, -0.15) is 13.2 Å². The van der Waals surface area contributed by atoms with Gasteiger partial charge in [0.25, 0.3) is 0 Å². The van der Waals surface area contributed by atoms with Crippen LogP contribution in [-0.2, 0) is 19.6 Å². The standard InChI is InChI=1S/C27H31Cl2F3N2O5S/c1-3-21(16-33-40(38,39)12-11-27(30,31)32)34-24(17-7-9-19(28)10-8-17)22(18-5-4-6-20(29)13-18)14-26(2,25(34)37)15-23(35)36/h4-10,13,21-22,24,33H,3,11-12,14-16H2,1-2H3,(H,35,36). The number of piperidine rings is 1. The van der Waals surface area contributed by atoms with Gasteiger partial charge < -0.3 is 10.0 Å². The Morgan fingerprint density at radius 3 is 2.35 bits per heavy atom. The summed E-state index contributed by atoms with van der Waals surface area (Å²) in [7, 11) is -4.32. The number of carbonyl (C=O) groups excluding carboxylic acids is 1. The zero-order valence-corrected chi connectivity index (χ0v) is 24.2. The van der Waals surface area contributed by atoms with Crippen LogP contribution >= 0.6 is 23.2 Å². The summed E-state index contributed by atoms with van der Waals surface area (Å²) in [5.41, 5.74) is 0.0743. The molecule has 0 bridgehead atoms. The predicted octanol–water partition coefficient (Wildman–Crippen LogP) is 6.18. The van der Waals surface area contributed by atoms with E-state index in [2.05, 4.69) is 4.72 Å². The molecule has 0 radical (unpaired) electrons. The van der Waals surface area contributed by atoms with E-state index in [0.29, 0.717) is 15.6 Å². The highest BCUT2D eigenvalue weighted by Crippen LogP contribution is 2.52. The fourth-order valence-electron chi connectivity index (χ4n) is 5.27. The number of alkyl halides is 3. The van der Waals surface area contributed by atoms with Gasteiger partial charge in [-0.3, -0.25) is 9.59 Å². The van der Waals surface area contributed by atoms with Crippen LogP contribution in [0.1, 0.15) is 62.6 Å². The number of hydrogen-bond acceptors (Lipinski definition) is 4. The number of amides is 1. The number of halogens is 5. The highest BCUT2D eigenvalue weighted by atomic mass is 35.5. The van der Waals surface area contributed by atoms with Gasteiger partial charge >= 0.3 is 12.1 Å². The second kappa shape index (κ2) is 12.7. The quantitative estimate of drug-likeness (QED) is 0.311. The van der Waals surface area contributed by atoms with E-state index < -0.39 is 70.1 Å². The highest BCUT2D eigenvalue weighted by Gasteiger charge is 2.52. The van der Waals surface area contributed by atoms with Gasteiger partial charge in [0, 0.05) is 28.5 Å². The zero-order chi connectivity index (χ0) is 29.9.